The maximum atomic E-state index is 11.9. The van der Waals surface area contributed by atoms with Crippen LogP contribution in [0.2, 0.25) is 0 Å². The lowest BCUT2D eigenvalue weighted by Gasteiger charge is -2.10. The first-order valence-corrected chi connectivity index (χ1v) is 5.08. The van der Waals surface area contributed by atoms with Crippen molar-refractivity contribution in [2.24, 2.45) is 0 Å². The third-order valence-corrected chi connectivity index (χ3v) is 2.19. The number of hydrogen-bond acceptors (Lipinski definition) is 3. The van der Waals surface area contributed by atoms with Crippen molar-refractivity contribution in [2.45, 2.75) is 20.0 Å². The lowest BCUT2D eigenvalue weighted by molar-refractivity contribution is 0.00930. The SMILES string of the molecule is COc1ccc(C(C)=O)cc1COCC(F)F. The highest BCUT2D eigenvalue weighted by molar-refractivity contribution is 5.94. The van der Waals surface area contributed by atoms with Crippen molar-refractivity contribution in [1.82, 2.24) is 0 Å². The molecule has 0 aliphatic rings. The lowest BCUT2D eigenvalue weighted by Crippen LogP contribution is -2.06. The van der Waals surface area contributed by atoms with Crippen LogP contribution >= 0.6 is 0 Å². The van der Waals surface area contributed by atoms with E-state index >= 15 is 0 Å². The molecular weight excluding hydrogens is 230 g/mol. The second kappa shape index (κ2) is 6.30. The Kier molecular flexibility index (Phi) is 5.03. The van der Waals surface area contributed by atoms with Crippen LogP contribution in [0.15, 0.2) is 18.2 Å². The van der Waals surface area contributed by atoms with Crippen molar-refractivity contribution in [1.29, 1.82) is 0 Å². The summed E-state index contributed by atoms with van der Waals surface area (Å²) >= 11 is 0. The molecule has 0 aromatic heterocycles. The fraction of sp³-hybridized carbons (Fsp3) is 0.417. The molecule has 0 saturated carbocycles. The average Bonchev–Trinajstić information content (AvgIpc) is 2.28. The van der Waals surface area contributed by atoms with Crippen LogP contribution in [-0.2, 0) is 11.3 Å². The van der Waals surface area contributed by atoms with Gasteiger partial charge in [0.05, 0.1) is 13.7 Å². The van der Waals surface area contributed by atoms with E-state index in [4.69, 9.17) is 9.47 Å². The van der Waals surface area contributed by atoms with E-state index in [1.807, 2.05) is 0 Å². The molecule has 0 atom stereocenters. The largest absolute Gasteiger partial charge is 0.496 e. The highest BCUT2D eigenvalue weighted by Gasteiger charge is 2.09. The fourth-order valence-electron chi connectivity index (χ4n) is 1.37. The number of alkyl halides is 2. The number of rotatable bonds is 6. The van der Waals surface area contributed by atoms with E-state index < -0.39 is 13.0 Å². The van der Waals surface area contributed by atoms with Gasteiger partial charge in [-0.3, -0.25) is 4.79 Å². The van der Waals surface area contributed by atoms with Gasteiger partial charge in [0.1, 0.15) is 12.4 Å². The van der Waals surface area contributed by atoms with Gasteiger partial charge in [0, 0.05) is 11.1 Å². The summed E-state index contributed by atoms with van der Waals surface area (Å²) in [6, 6.07) is 4.84. The van der Waals surface area contributed by atoms with Gasteiger partial charge in [-0.2, -0.15) is 0 Å². The predicted octanol–water partition coefficient (Wildman–Crippen LogP) is 2.68. The number of ether oxygens (including phenoxy) is 2. The summed E-state index contributed by atoms with van der Waals surface area (Å²) in [5, 5.41) is 0. The van der Waals surface area contributed by atoms with Gasteiger partial charge in [-0.1, -0.05) is 0 Å². The molecule has 0 heterocycles. The molecule has 94 valence electrons. The molecule has 0 saturated heterocycles. The Morgan fingerprint density at radius 3 is 2.65 bits per heavy atom. The Hall–Kier alpha value is -1.49. The minimum Gasteiger partial charge on any atom is -0.496 e. The van der Waals surface area contributed by atoms with E-state index in [1.165, 1.54) is 14.0 Å². The second-order valence-corrected chi connectivity index (χ2v) is 3.49. The molecule has 0 aliphatic heterocycles. The Morgan fingerprint density at radius 1 is 1.41 bits per heavy atom. The maximum Gasteiger partial charge on any atom is 0.261 e. The molecule has 0 aliphatic carbocycles. The number of carbonyl (C=O) groups is 1. The van der Waals surface area contributed by atoms with Gasteiger partial charge in [0.15, 0.2) is 5.78 Å². The Bertz CT molecular complexity index is 391. The summed E-state index contributed by atoms with van der Waals surface area (Å²) in [6.45, 7) is 0.799. The summed E-state index contributed by atoms with van der Waals surface area (Å²) < 4.78 is 33.7. The molecule has 17 heavy (non-hydrogen) atoms. The third-order valence-electron chi connectivity index (χ3n) is 2.19. The third kappa shape index (κ3) is 4.11. The number of halogens is 2. The van der Waals surface area contributed by atoms with Gasteiger partial charge in [-0.15, -0.1) is 0 Å². The van der Waals surface area contributed by atoms with Gasteiger partial charge in [-0.25, -0.2) is 8.78 Å². The average molecular weight is 244 g/mol. The molecule has 0 radical (unpaired) electrons. The summed E-state index contributed by atoms with van der Waals surface area (Å²) in [4.78, 5) is 11.2. The molecule has 0 fully saturated rings. The quantitative estimate of drug-likeness (QED) is 0.722. The fourth-order valence-corrected chi connectivity index (χ4v) is 1.37. The zero-order chi connectivity index (χ0) is 12.8. The van der Waals surface area contributed by atoms with E-state index in [0.29, 0.717) is 16.9 Å². The van der Waals surface area contributed by atoms with Crippen molar-refractivity contribution < 1.29 is 23.0 Å². The molecule has 0 bridgehead atoms. The molecular formula is C12H14F2O3. The summed E-state index contributed by atoms with van der Waals surface area (Å²) in [5.74, 6) is 0.423. The van der Waals surface area contributed by atoms with Gasteiger partial charge in [0.25, 0.3) is 6.43 Å². The molecule has 3 nitrogen and oxygen atoms in total. The van der Waals surface area contributed by atoms with E-state index in [9.17, 15) is 13.6 Å². The summed E-state index contributed by atoms with van der Waals surface area (Å²) in [6.07, 6.45) is -2.50. The van der Waals surface area contributed by atoms with Crippen LogP contribution in [0.1, 0.15) is 22.8 Å². The zero-order valence-electron chi connectivity index (χ0n) is 9.70. The van der Waals surface area contributed by atoms with Crippen LogP contribution in [0, 0.1) is 0 Å². The van der Waals surface area contributed by atoms with Crippen LogP contribution in [0.3, 0.4) is 0 Å². The first-order valence-electron chi connectivity index (χ1n) is 5.08. The number of benzene rings is 1. The van der Waals surface area contributed by atoms with Crippen LogP contribution < -0.4 is 4.74 Å². The molecule has 5 heteroatoms. The number of carbonyl (C=O) groups excluding carboxylic acids is 1. The first kappa shape index (κ1) is 13.6. The van der Waals surface area contributed by atoms with Gasteiger partial charge in [0.2, 0.25) is 0 Å². The first-order chi connectivity index (χ1) is 8.04. The minimum absolute atomic E-state index is 0.00532. The topological polar surface area (TPSA) is 35.5 Å². The second-order valence-electron chi connectivity index (χ2n) is 3.49. The summed E-state index contributed by atoms with van der Waals surface area (Å²) in [5.41, 5.74) is 1.09. The predicted molar refractivity (Wildman–Crippen MR) is 58.7 cm³/mol. The number of hydrogen-bond donors (Lipinski definition) is 0. The smallest absolute Gasteiger partial charge is 0.261 e. The Morgan fingerprint density at radius 2 is 2.12 bits per heavy atom. The molecule has 1 aromatic carbocycles. The van der Waals surface area contributed by atoms with Crippen LogP contribution in [0.5, 0.6) is 5.75 Å². The van der Waals surface area contributed by atoms with Crippen molar-refractivity contribution in [3.8, 4) is 5.75 Å². The van der Waals surface area contributed by atoms with Crippen LogP contribution in [0.4, 0.5) is 8.78 Å². The van der Waals surface area contributed by atoms with Crippen molar-refractivity contribution in [3.63, 3.8) is 0 Å². The molecule has 0 spiro atoms. The lowest BCUT2D eigenvalue weighted by atomic mass is 10.1. The van der Waals surface area contributed by atoms with E-state index in [-0.39, 0.29) is 12.4 Å². The maximum absolute atomic E-state index is 11.9. The zero-order valence-corrected chi connectivity index (χ0v) is 9.70. The highest BCUT2D eigenvalue weighted by Crippen LogP contribution is 2.21. The number of ketones is 1. The van der Waals surface area contributed by atoms with E-state index in [1.54, 1.807) is 18.2 Å². The molecule has 0 amide bonds. The normalized spacial score (nSPS) is 10.6. The van der Waals surface area contributed by atoms with Crippen molar-refractivity contribution in [2.75, 3.05) is 13.7 Å². The van der Waals surface area contributed by atoms with Crippen LogP contribution in [0.25, 0.3) is 0 Å². The standard InChI is InChI=1S/C12H14F2O3/c1-8(15)9-3-4-11(16-2)10(5-9)6-17-7-12(13)14/h3-5,12H,6-7H2,1-2H3. The van der Waals surface area contributed by atoms with Gasteiger partial charge in [-0.05, 0) is 25.1 Å². The van der Waals surface area contributed by atoms with E-state index in [2.05, 4.69) is 0 Å². The van der Waals surface area contributed by atoms with Crippen molar-refractivity contribution >= 4 is 5.78 Å². The molecule has 0 unspecified atom stereocenters. The summed E-state index contributed by atoms with van der Waals surface area (Å²) in [7, 11) is 1.47. The van der Waals surface area contributed by atoms with Gasteiger partial charge >= 0.3 is 0 Å². The molecule has 1 rings (SSSR count). The van der Waals surface area contributed by atoms with Crippen molar-refractivity contribution in [3.05, 3.63) is 29.3 Å². The highest BCUT2D eigenvalue weighted by atomic mass is 19.3. The number of Topliss-reactive ketones (excluding diaryl/α,β-unsaturated/α-hetero) is 1. The number of methoxy groups -OCH3 is 1. The Labute approximate surface area is 98.3 Å². The van der Waals surface area contributed by atoms with E-state index in [0.717, 1.165) is 0 Å². The molecule has 0 N–H and O–H groups in total. The Balaban J connectivity index is 2.79. The van der Waals surface area contributed by atoms with Crippen LogP contribution in [-0.4, -0.2) is 25.9 Å². The monoisotopic (exact) mass is 244 g/mol. The molecule has 1 aromatic rings. The van der Waals surface area contributed by atoms with Gasteiger partial charge < -0.3 is 9.47 Å². The minimum atomic E-state index is -2.50.